The maximum atomic E-state index is 11.5. The molecule has 1 aromatic carbocycles. The number of hydrogen-bond acceptors (Lipinski definition) is 6. The van der Waals surface area contributed by atoms with Gasteiger partial charge in [-0.2, -0.15) is 5.10 Å². The lowest BCUT2D eigenvalue weighted by Gasteiger charge is -2.06. The number of nitrogens with one attached hydrogen (secondary N) is 2. The Hall–Kier alpha value is -2.97. The molecule has 110 valence electrons. The molecule has 0 unspecified atom stereocenters. The molecule has 0 atom stereocenters. The molecule has 1 amide bonds. The predicted octanol–water partition coefficient (Wildman–Crippen LogP) is 0.451. The molecule has 2 rings (SSSR count). The second kappa shape index (κ2) is 6.98. The molecule has 9 heteroatoms. The van der Waals surface area contributed by atoms with Crippen LogP contribution in [-0.4, -0.2) is 39.2 Å². The van der Waals surface area contributed by atoms with Gasteiger partial charge in [0.15, 0.2) is 6.61 Å². The fourth-order valence-electron chi connectivity index (χ4n) is 1.54. The summed E-state index contributed by atoms with van der Waals surface area (Å²) < 4.78 is 5.22. The molecule has 1 aromatic heterocycles. The minimum Gasteiger partial charge on any atom is -0.484 e. The Balaban J connectivity index is 1.69. The van der Waals surface area contributed by atoms with Gasteiger partial charge < -0.3 is 10.1 Å². The summed E-state index contributed by atoms with van der Waals surface area (Å²) in [5.74, 6) is 0.797. The number of nitro groups is 1. The van der Waals surface area contributed by atoms with Crippen molar-refractivity contribution >= 4 is 11.6 Å². The van der Waals surface area contributed by atoms with Crippen molar-refractivity contribution in [2.45, 2.75) is 6.42 Å². The second-order valence-electron chi connectivity index (χ2n) is 4.07. The standard InChI is InChI=1S/C12H13N5O4/c18-12(13-6-5-11-14-8-15-16-11)7-21-10-3-1-9(2-4-10)17(19)20/h1-4,8H,5-7H2,(H,13,18)(H,14,15,16). The number of ether oxygens (including phenoxy) is 1. The number of non-ortho nitro benzene ring substituents is 1. The molecule has 0 saturated heterocycles. The van der Waals surface area contributed by atoms with E-state index in [1.165, 1.54) is 30.6 Å². The van der Waals surface area contributed by atoms with Crippen molar-refractivity contribution in [1.82, 2.24) is 20.5 Å². The normalized spacial score (nSPS) is 10.1. The average Bonchev–Trinajstić information content (AvgIpc) is 2.99. The van der Waals surface area contributed by atoms with Crippen molar-refractivity contribution in [3.63, 3.8) is 0 Å². The number of amides is 1. The van der Waals surface area contributed by atoms with E-state index in [9.17, 15) is 14.9 Å². The first-order valence-electron chi connectivity index (χ1n) is 6.13. The Bertz CT molecular complexity index is 597. The summed E-state index contributed by atoms with van der Waals surface area (Å²) in [6.45, 7) is 0.256. The third kappa shape index (κ3) is 4.56. The van der Waals surface area contributed by atoms with Crippen LogP contribution in [0.25, 0.3) is 0 Å². The zero-order valence-electron chi connectivity index (χ0n) is 11.0. The molecule has 0 spiro atoms. The van der Waals surface area contributed by atoms with Gasteiger partial charge in [0.05, 0.1) is 4.92 Å². The van der Waals surface area contributed by atoms with Crippen LogP contribution in [0.15, 0.2) is 30.6 Å². The lowest BCUT2D eigenvalue weighted by Crippen LogP contribution is -2.30. The largest absolute Gasteiger partial charge is 0.484 e. The minimum atomic E-state index is -0.500. The van der Waals surface area contributed by atoms with Crippen molar-refractivity contribution < 1.29 is 14.5 Å². The van der Waals surface area contributed by atoms with Crippen molar-refractivity contribution in [2.75, 3.05) is 13.2 Å². The number of nitrogens with zero attached hydrogens (tertiary/aromatic N) is 3. The summed E-state index contributed by atoms with van der Waals surface area (Å²) in [4.78, 5) is 25.4. The van der Waals surface area contributed by atoms with Crippen molar-refractivity contribution in [3.05, 3.63) is 46.5 Å². The zero-order valence-corrected chi connectivity index (χ0v) is 11.0. The average molecular weight is 291 g/mol. The van der Waals surface area contributed by atoms with E-state index < -0.39 is 4.92 Å². The lowest BCUT2D eigenvalue weighted by molar-refractivity contribution is -0.384. The number of H-pyrrole nitrogens is 1. The van der Waals surface area contributed by atoms with Crippen molar-refractivity contribution in [1.29, 1.82) is 0 Å². The lowest BCUT2D eigenvalue weighted by atomic mass is 10.3. The smallest absolute Gasteiger partial charge is 0.269 e. The van der Waals surface area contributed by atoms with E-state index in [0.29, 0.717) is 24.5 Å². The van der Waals surface area contributed by atoms with Crippen LogP contribution in [0.2, 0.25) is 0 Å². The molecule has 0 aliphatic carbocycles. The van der Waals surface area contributed by atoms with Gasteiger partial charge in [0.25, 0.3) is 11.6 Å². The summed E-state index contributed by atoms with van der Waals surface area (Å²) in [5.41, 5.74) is -0.0288. The highest BCUT2D eigenvalue weighted by Gasteiger charge is 2.06. The van der Waals surface area contributed by atoms with E-state index in [4.69, 9.17) is 4.74 Å². The number of aromatic nitrogens is 3. The van der Waals surface area contributed by atoms with Gasteiger partial charge in [0, 0.05) is 25.1 Å². The first kappa shape index (κ1) is 14.4. The third-order valence-corrected chi connectivity index (χ3v) is 2.57. The van der Waals surface area contributed by atoms with Gasteiger partial charge in [0.2, 0.25) is 0 Å². The Morgan fingerprint density at radius 3 is 2.76 bits per heavy atom. The maximum Gasteiger partial charge on any atom is 0.269 e. The third-order valence-electron chi connectivity index (χ3n) is 2.57. The molecule has 0 saturated carbocycles. The van der Waals surface area contributed by atoms with E-state index >= 15 is 0 Å². The van der Waals surface area contributed by atoms with Gasteiger partial charge in [-0.3, -0.25) is 20.0 Å². The van der Waals surface area contributed by atoms with Crippen LogP contribution in [0.5, 0.6) is 5.75 Å². The SMILES string of the molecule is O=C(COc1ccc([N+](=O)[O-])cc1)NCCc1ncn[nH]1. The molecular formula is C12H13N5O4. The first-order chi connectivity index (χ1) is 10.1. The van der Waals surface area contributed by atoms with Gasteiger partial charge in [-0.25, -0.2) is 4.98 Å². The summed E-state index contributed by atoms with van der Waals surface area (Å²) in [6, 6.07) is 5.52. The van der Waals surface area contributed by atoms with Gasteiger partial charge >= 0.3 is 0 Å². The highest BCUT2D eigenvalue weighted by molar-refractivity contribution is 5.77. The predicted molar refractivity (Wildman–Crippen MR) is 71.7 cm³/mol. The summed E-state index contributed by atoms with van der Waals surface area (Å²) in [6.07, 6.45) is 1.94. The summed E-state index contributed by atoms with van der Waals surface area (Å²) in [5, 5.41) is 19.5. The van der Waals surface area contributed by atoms with E-state index in [0.717, 1.165) is 0 Å². The molecule has 21 heavy (non-hydrogen) atoms. The minimum absolute atomic E-state index is 0.0288. The van der Waals surface area contributed by atoms with E-state index in [1.807, 2.05) is 0 Å². The molecular weight excluding hydrogens is 278 g/mol. The second-order valence-corrected chi connectivity index (χ2v) is 4.07. The quantitative estimate of drug-likeness (QED) is 0.564. The zero-order chi connectivity index (χ0) is 15.1. The summed E-state index contributed by atoms with van der Waals surface area (Å²) >= 11 is 0. The van der Waals surface area contributed by atoms with E-state index in [1.54, 1.807) is 0 Å². The topological polar surface area (TPSA) is 123 Å². The van der Waals surface area contributed by atoms with Crippen LogP contribution in [0.1, 0.15) is 5.82 Å². The molecule has 2 aromatic rings. The van der Waals surface area contributed by atoms with Crippen LogP contribution in [0.4, 0.5) is 5.69 Å². The Kier molecular flexibility index (Phi) is 4.80. The number of carbonyl (C=O) groups excluding carboxylic acids is 1. The van der Waals surface area contributed by atoms with Gasteiger partial charge in [-0.1, -0.05) is 0 Å². The Labute approximate surface area is 119 Å². The highest BCUT2D eigenvalue weighted by atomic mass is 16.6. The summed E-state index contributed by atoms with van der Waals surface area (Å²) in [7, 11) is 0. The maximum absolute atomic E-state index is 11.5. The van der Waals surface area contributed by atoms with Crippen molar-refractivity contribution in [2.24, 2.45) is 0 Å². The van der Waals surface area contributed by atoms with E-state index in [2.05, 4.69) is 20.5 Å². The van der Waals surface area contributed by atoms with Crippen LogP contribution < -0.4 is 10.1 Å². The first-order valence-corrected chi connectivity index (χ1v) is 6.13. The Morgan fingerprint density at radius 1 is 1.38 bits per heavy atom. The number of carbonyl (C=O) groups is 1. The molecule has 0 aliphatic rings. The molecule has 0 fully saturated rings. The highest BCUT2D eigenvalue weighted by Crippen LogP contribution is 2.16. The fourth-order valence-corrected chi connectivity index (χ4v) is 1.54. The van der Waals surface area contributed by atoms with Gasteiger partial charge in [-0.15, -0.1) is 0 Å². The molecule has 0 bridgehead atoms. The molecule has 9 nitrogen and oxygen atoms in total. The van der Waals surface area contributed by atoms with Gasteiger partial charge in [-0.05, 0) is 12.1 Å². The van der Waals surface area contributed by atoms with Gasteiger partial charge in [0.1, 0.15) is 17.9 Å². The van der Waals surface area contributed by atoms with Crippen LogP contribution in [0.3, 0.4) is 0 Å². The van der Waals surface area contributed by atoms with Crippen LogP contribution in [-0.2, 0) is 11.2 Å². The van der Waals surface area contributed by atoms with Crippen LogP contribution in [0, 0.1) is 10.1 Å². The van der Waals surface area contributed by atoms with Crippen molar-refractivity contribution in [3.8, 4) is 5.75 Å². The number of rotatable bonds is 7. The number of hydrogen-bond donors (Lipinski definition) is 2. The number of benzene rings is 1. The van der Waals surface area contributed by atoms with E-state index in [-0.39, 0.29) is 18.2 Å². The number of aromatic amines is 1. The molecule has 2 N–H and O–H groups in total. The number of nitro benzene ring substituents is 1. The fraction of sp³-hybridized carbons (Fsp3) is 0.250. The van der Waals surface area contributed by atoms with Crippen LogP contribution >= 0.6 is 0 Å². The Morgan fingerprint density at radius 2 is 2.14 bits per heavy atom. The molecule has 1 heterocycles. The molecule has 0 aliphatic heterocycles. The molecule has 0 radical (unpaired) electrons. The monoisotopic (exact) mass is 291 g/mol.